The Morgan fingerprint density at radius 1 is 1.30 bits per heavy atom. The van der Waals surface area contributed by atoms with Crippen molar-refractivity contribution in [3.05, 3.63) is 29.8 Å². The first-order valence-electron chi connectivity index (χ1n) is 8.36. The lowest BCUT2D eigenvalue weighted by Gasteiger charge is -2.22. The highest BCUT2D eigenvalue weighted by atomic mass is 16.5. The molecule has 0 atom stereocenters. The summed E-state index contributed by atoms with van der Waals surface area (Å²) in [5.41, 5.74) is 2.46. The van der Waals surface area contributed by atoms with E-state index in [0.29, 0.717) is 0 Å². The lowest BCUT2D eigenvalue weighted by atomic mass is 10.2. The zero-order valence-electron chi connectivity index (χ0n) is 14.9. The van der Waals surface area contributed by atoms with Crippen molar-refractivity contribution in [3.63, 3.8) is 0 Å². The third kappa shape index (κ3) is 6.10. The molecule has 1 aromatic rings. The number of hydrogen-bond acceptors (Lipinski definition) is 3. The SMILES string of the molecule is CN=C(NCc1cccc(N(C)C)c1)N(C)CCOCC1CC1. The Labute approximate surface area is 140 Å². The van der Waals surface area contributed by atoms with Gasteiger partial charge in [-0.2, -0.15) is 0 Å². The van der Waals surface area contributed by atoms with Crippen molar-refractivity contribution in [1.82, 2.24) is 10.2 Å². The van der Waals surface area contributed by atoms with Gasteiger partial charge in [0.25, 0.3) is 0 Å². The number of benzene rings is 1. The lowest BCUT2D eigenvalue weighted by Crippen LogP contribution is -2.40. The Kier molecular flexibility index (Phi) is 6.71. The second-order valence-electron chi connectivity index (χ2n) is 6.40. The standard InChI is InChI=1S/C18H30N4O/c1-19-18(22(4)10-11-23-14-15-8-9-15)20-13-16-6-5-7-17(12-16)21(2)3/h5-7,12,15H,8-11,13-14H2,1-4H3,(H,19,20). The van der Waals surface area contributed by atoms with Gasteiger partial charge in [-0.25, -0.2) is 0 Å². The molecular formula is C18H30N4O. The predicted octanol–water partition coefficient (Wildman–Crippen LogP) is 2.19. The van der Waals surface area contributed by atoms with E-state index < -0.39 is 0 Å². The van der Waals surface area contributed by atoms with Gasteiger partial charge in [0, 0.05) is 53.6 Å². The molecule has 0 radical (unpaired) electrons. The molecule has 1 N–H and O–H groups in total. The Morgan fingerprint density at radius 3 is 2.74 bits per heavy atom. The number of aliphatic imine (C=N–C) groups is 1. The molecule has 0 spiro atoms. The second-order valence-corrected chi connectivity index (χ2v) is 6.40. The molecule has 0 aromatic heterocycles. The molecule has 5 nitrogen and oxygen atoms in total. The fourth-order valence-electron chi connectivity index (χ4n) is 2.35. The van der Waals surface area contributed by atoms with Crippen LogP contribution in [0, 0.1) is 5.92 Å². The van der Waals surface area contributed by atoms with E-state index >= 15 is 0 Å². The molecule has 1 aliphatic rings. The monoisotopic (exact) mass is 318 g/mol. The molecule has 23 heavy (non-hydrogen) atoms. The van der Waals surface area contributed by atoms with Crippen LogP contribution in [0.25, 0.3) is 0 Å². The third-order valence-electron chi connectivity index (χ3n) is 4.07. The number of nitrogens with zero attached hydrogens (tertiary/aromatic N) is 3. The molecule has 1 aliphatic carbocycles. The van der Waals surface area contributed by atoms with Crippen LogP contribution in [0.15, 0.2) is 29.3 Å². The van der Waals surface area contributed by atoms with E-state index in [2.05, 4.69) is 58.5 Å². The molecule has 0 aliphatic heterocycles. The topological polar surface area (TPSA) is 40.1 Å². The Morgan fingerprint density at radius 2 is 2.09 bits per heavy atom. The maximum absolute atomic E-state index is 5.70. The summed E-state index contributed by atoms with van der Waals surface area (Å²) in [5.74, 6) is 1.72. The minimum atomic E-state index is 0.754. The number of likely N-dealkylation sites (N-methyl/N-ethyl adjacent to an activating group) is 1. The van der Waals surface area contributed by atoms with Gasteiger partial charge in [0.15, 0.2) is 5.96 Å². The first-order chi connectivity index (χ1) is 11.1. The minimum Gasteiger partial charge on any atom is -0.379 e. The highest BCUT2D eigenvalue weighted by Gasteiger charge is 2.21. The van der Waals surface area contributed by atoms with Crippen molar-refractivity contribution >= 4 is 11.6 Å². The number of guanidine groups is 1. The van der Waals surface area contributed by atoms with Crippen molar-refractivity contribution in [2.75, 3.05) is 52.8 Å². The van der Waals surface area contributed by atoms with Crippen LogP contribution in [-0.2, 0) is 11.3 Å². The summed E-state index contributed by atoms with van der Waals surface area (Å²) in [6.07, 6.45) is 2.68. The fourth-order valence-corrected chi connectivity index (χ4v) is 2.35. The van der Waals surface area contributed by atoms with E-state index in [-0.39, 0.29) is 0 Å². The van der Waals surface area contributed by atoms with E-state index in [0.717, 1.165) is 38.2 Å². The largest absolute Gasteiger partial charge is 0.379 e. The highest BCUT2D eigenvalue weighted by Crippen LogP contribution is 2.28. The zero-order chi connectivity index (χ0) is 16.7. The van der Waals surface area contributed by atoms with Gasteiger partial charge in [0.2, 0.25) is 0 Å². The molecule has 2 rings (SSSR count). The number of ether oxygens (including phenoxy) is 1. The van der Waals surface area contributed by atoms with E-state index in [1.165, 1.54) is 24.1 Å². The van der Waals surface area contributed by atoms with E-state index in [9.17, 15) is 0 Å². The molecule has 5 heteroatoms. The van der Waals surface area contributed by atoms with Gasteiger partial charge >= 0.3 is 0 Å². The van der Waals surface area contributed by atoms with Crippen molar-refractivity contribution in [1.29, 1.82) is 0 Å². The summed E-state index contributed by atoms with van der Waals surface area (Å²) in [5, 5.41) is 3.42. The van der Waals surface area contributed by atoms with Crippen LogP contribution in [0.1, 0.15) is 18.4 Å². The first-order valence-corrected chi connectivity index (χ1v) is 8.36. The van der Waals surface area contributed by atoms with Crippen LogP contribution in [0.4, 0.5) is 5.69 Å². The molecule has 128 valence electrons. The summed E-state index contributed by atoms with van der Waals surface area (Å²) >= 11 is 0. The van der Waals surface area contributed by atoms with Gasteiger partial charge in [0.05, 0.1) is 6.61 Å². The van der Waals surface area contributed by atoms with Crippen molar-refractivity contribution in [2.45, 2.75) is 19.4 Å². The maximum Gasteiger partial charge on any atom is 0.193 e. The number of anilines is 1. The molecule has 0 unspecified atom stereocenters. The smallest absolute Gasteiger partial charge is 0.193 e. The van der Waals surface area contributed by atoms with Crippen molar-refractivity contribution in [2.24, 2.45) is 10.9 Å². The Balaban J connectivity index is 1.75. The number of rotatable bonds is 8. The summed E-state index contributed by atoms with van der Waals surface area (Å²) in [6, 6.07) is 8.53. The molecule has 0 amide bonds. The fraction of sp³-hybridized carbons (Fsp3) is 0.611. The average molecular weight is 318 g/mol. The molecule has 1 aromatic carbocycles. The molecule has 0 heterocycles. The molecule has 0 saturated heterocycles. The molecular weight excluding hydrogens is 288 g/mol. The normalized spacial score (nSPS) is 14.7. The summed E-state index contributed by atoms with van der Waals surface area (Å²) in [4.78, 5) is 8.58. The average Bonchev–Trinajstić information content (AvgIpc) is 3.36. The van der Waals surface area contributed by atoms with Crippen molar-refractivity contribution in [3.8, 4) is 0 Å². The second kappa shape index (κ2) is 8.77. The third-order valence-corrected chi connectivity index (χ3v) is 4.07. The summed E-state index contributed by atoms with van der Waals surface area (Å²) in [7, 11) is 7.98. The van der Waals surface area contributed by atoms with E-state index in [1.54, 1.807) is 0 Å². The van der Waals surface area contributed by atoms with Gasteiger partial charge in [-0.1, -0.05) is 12.1 Å². The van der Waals surface area contributed by atoms with Gasteiger partial charge in [-0.05, 0) is 36.5 Å². The minimum absolute atomic E-state index is 0.754. The Bertz CT molecular complexity index is 511. The van der Waals surface area contributed by atoms with Crippen LogP contribution < -0.4 is 10.2 Å². The highest BCUT2D eigenvalue weighted by molar-refractivity contribution is 5.79. The number of nitrogens with one attached hydrogen (secondary N) is 1. The van der Waals surface area contributed by atoms with Crippen LogP contribution in [0.2, 0.25) is 0 Å². The van der Waals surface area contributed by atoms with Crippen LogP contribution in [-0.4, -0.2) is 58.8 Å². The van der Waals surface area contributed by atoms with Gasteiger partial charge in [-0.3, -0.25) is 4.99 Å². The van der Waals surface area contributed by atoms with Crippen LogP contribution in [0.3, 0.4) is 0 Å². The zero-order valence-corrected chi connectivity index (χ0v) is 14.9. The van der Waals surface area contributed by atoms with Crippen LogP contribution in [0.5, 0.6) is 0 Å². The Hall–Kier alpha value is -1.75. The summed E-state index contributed by atoms with van der Waals surface area (Å²) < 4.78 is 5.70. The number of hydrogen-bond donors (Lipinski definition) is 1. The van der Waals surface area contributed by atoms with Crippen LogP contribution >= 0.6 is 0 Å². The van der Waals surface area contributed by atoms with E-state index in [1.807, 2.05) is 14.1 Å². The quantitative estimate of drug-likeness (QED) is 0.453. The van der Waals surface area contributed by atoms with Gasteiger partial charge < -0.3 is 19.9 Å². The molecule has 1 saturated carbocycles. The lowest BCUT2D eigenvalue weighted by molar-refractivity contribution is 0.115. The molecule has 0 bridgehead atoms. The van der Waals surface area contributed by atoms with Crippen molar-refractivity contribution < 1.29 is 4.74 Å². The first kappa shape index (κ1) is 17.6. The van der Waals surface area contributed by atoms with E-state index in [4.69, 9.17) is 4.74 Å². The van der Waals surface area contributed by atoms with Gasteiger partial charge in [-0.15, -0.1) is 0 Å². The molecule has 1 fully saturated rings. The maximum atomic E-state index is 5.70. The van der Waals surface area contributed by atoms with Gasteiger partial charge in [0.1, 0.15) is 0 Å². The summed E-state index contributed by atoms with van der Waals surface area (Å²) in [6.45, 7) is 3.28. The predicted molar refractivity (Wildman–Crippen MR) is 97.1 cm³/mol.